The largest absolute Gasteiger partial charge is 0.396 e. The highest BCUT2D eigenvalue weighted by molar-refractivity contribution is 14.0. The van der Waals surface area contributed by atoms with Gasteiger partial charge in [-0.05, 0) is 50.3 Å². The molecule has 1 aromatic carbocycles. The van der Waals surface area contributed by atoms with Gasteiger partial charge in [-0.2, -0.15) is 0 Å². The van der Waals surface area contributed by atoms with Crippen LogP contribution in [0.1, 0.15) is 31.7 Å². The predicted molar refractivity (Wildman–Crippen MR) is 114 cm³/mol. The van der Waals surface area contributed by atoms with E-state index in [9.17, 15) is 9.50 Å². The Bertz CT molecular complexity index is 551. The zero-order valence-electron chi connectivity index (χ0n) is 15.5. The molecule has 2 rings (SSSR count). The van der Waals surface area contributed by atoms with Crippen molar-refractivity contribution in [3.63, 3.8) is 0 Å². The molecular formula is C19H31FIN3O2. The lowest BCUT2D eigenvalue weighted by atomic mass is 9.84. The number of aryl methyl sites for hydroxylation is 1. The summed E-state index contributed by atoms with van der Waals surface area (Å²) < 4.78 is 18.7. The standard InChI is InChI=1S/C19H30FN3O2.HI/c1-2-21-18(23-14-19(8-11-24)9-12-25-15-19)22-10-4-6-16-5-3-7-17(20)13-16;/h3,5,7,13,24H,2,4,6,8-12,14-15H2,1H3,(H2,21,22,23);1H. The first kappa shape index (κ1) is 23.1. The average molecular weight is 479 g/mol. The molecule has 0 bridgehead atoms. The van der Waals surface area contributed by atoms with Crippen molar-refractivity contribution in [1.29, 1.82) is 0 Å². The maximum Gasteiger partial charge on any atom is 0.191 e. The number of nitrogens with zero attached hydrogens (tertiary/aromatic N) is 1. The molecule has 5 nitrogen and oxygen atoms in total. The Morgan fingerprint density at radius 3 is 2.88 bits per heavy atom. The van der Waals surface area contributed by atoms with Gasteiger partial charge in [-0.25, -0.2) is 4.39 Å². The third-order valence-electron chi connectivity index (χ3n) is 4.57. The van der Waals surface area contributed by atoms with E-state index in [1.807, 2.05) is 13.0 Å². The Hall–Kier alpha value is -0.930. The van der Waals surface area contributed by atoms with Gasteiger partial charge in [-0.1, -0.05) is 12.1 Å². The summed E-state index contributed by atoms with van der Waals surface area (Å²) in [5.74, 6) is 0.597. The van der Waals surface area contributed by atoms with Crippen molar-refractivity contribution in [1.82, 2.24) is 10.6 Å². The quantitative estimate of drug-likeness (QED) is 0.221. The second-order valence-electron chi connectivity index (χ2n) is 6.63. The van der Waals surface area contributed by atoms with Crippen LogP contribution < -0.4 is 10.6 Å². The first-order valence-electron chi connectivity index (χ1n) is 9.13. The van der Waals surface area contributed by atoms with Gasteiger partial charge in [0, 0.05) is 31.7 Å². The highest BCUT2D eigenvalue weighted by Gasteiger charge is 2.34. The van der Waals surface area contributed by atoms with E-state index in [2.05, 4.69) is 15.6 Å². The van der Waals surface area contributed by atoms with Crippen LogP contribution in [-0.4, -0.2) is 50.5 Å². The smallest absolute Gasteiger partial charge is 0.191 e. The van der Waals surface area contributed by atoms with E-state index in [0.29, 0.717) is 13.2 Å². The predicted octanol–water partition coefficient (Wildman–Crippen LogP) is 2.72. The van der Waals surface area contributed by atoms with Crippen molar-refractivity contribution in [3.05, 3.63) is 35.6 Å². The summed E-state index contributed by atoms with van der Waals surface area (Å²) in [7, 11) is 0. The van der Waals surface area contributed by atoms with Crippen LogP contribution >= 0.6 is 24.0 Å². The average Bonchev–Trinajstić information content (AvgIpc) is 3.06. The van der Waals surface area contributed by atoms with Crippen molar-refractivity contribution in [2.75, 3.05) is 39.5 Å². The Kier molecular flexibility index (Phi) is 11.1. The zero-order valence-corrected chi connectivity index (χ0v) is 17.8. The molecule has 1 aliphatic rings. The second-order valence-corrected chi connectivity index (χ2v) is 6.63. The van der Waals surface area contributed by atoms with Crippen LogP contribution in [0.3, 0.4) is 0 Å². The molecule has 1 saturated heterocycles. The monoisotopic (exact) mass is 479 g/mol. The van der Waals surface area contributed by atoms with Gasteiger partial charge in [0.1, 0.15) is 5.82 Å². The van der Waals surface area contributed by atoms with Gasteiger partial charge in [-0.3, -0.25) is 4.99 Å². The fraction of sp³-hybridized carbons (Fsp3) is 0.632. The van der Waals surface area contributed by atoms with E-state index in [4.69, 9.17) is 4.74 Å². The summed E-state index contributed by atoms with van der Waals surface area (Å²) in [5.41, 5.74) is 0.965. The summed E-state index contributed by atoms with van der Waals surface area (Å²) in [4.78, 5) is 4.69. The van der Waals surface area contributed by atoms with Gasteiger partial charge < -0.3 is 20.5 Å². The summed E-state index contributed by atoms with van der Waals surface area (Å²) in [6.45, 7) is 5.81. The van der Waals surface area contributed by atoms with Gasteiger partial charge in [0.25, 0.3) is 0 Å². The highest BCUT2D eigenvalue weighted by atomic mass is 127. The number of hydrogen-bond acceptors (Lipinski definition) is 3. The molecule has 0 radical (unpaired) electrons. The molecule has 1 heterocycles. The zero-order chi connectivity index (χ0) is 18.0. The highest BCUT2D eigenvalue weighted by Crippen LogP contribution is 2.32. The van der Waals surface area contributed by atoms with Gasteiger partial charge in [0.05, 0.1) is 13.2 Å². The third kappa shape index (κ3) is 7.75. The van der Waals surface area contributed by atoms with Crippen LogP contribution in [0.15, 0.2) is 29.3 Å². The molecule has 148 valence electrons. The summed E-state index contributed by atoms with van der Waals surface area (Å²) in [5, 5.41) is 15.9. The molecule has 1 aromatic rings. The van der Waals surface area contributed by atoms with Crippen LogP contribution in [0.2, 0.25) is 0 Å². The van der Waals surface area contributed by atoms with E-state index in [-0.39, 0.29) is 41.8 Å². The lowest BCUT2D eigenvalue weighted by Gasteiger charge is -2.24. The first-order chi connectivity index (χ1) is 12.2. The van der Waals surface area contributed by atoms with Crippen LogP contribution in [0.25, 0.3) is 0 Å². The fourth-order valence-electron chi connectivity index (χ4n) is 3.07. The van der Waals surface area contributed by atoms with Gasteiger partial charge >= 0.3 is 0 Å². The maximum absolute atomic E-state index is 13.2. The lowest BCUT2D eigenvalue weighted by Crippen LogP contribution is -2.39. The first-order valence-corrected chi connectivity index (χ1v) is 9.13. The second kappa shape index (κ2) is 12.5. The van der Waals surface area contributed by atoms with Crippen molar-refractivity contribution in [2.24, 2.45) is 10.4 Å². The van der Waals surface area contributed by atoms with E-state index in [1.54, 1.807) is 12.1 Å². The number of nitrogens with one attached hydrogen (secondary N) is 2. The molecule has 0 amide bonds. The van der Waals surface area contributed by atoms with Crippen molar-refractivity contribution < 1.29 is 14.2 Å². The van der Waals surface area contributed by atoms with Gasteiger partial charge in [-0.15, -0.1) is 24.0 Å². The molecule has 3 N–H and O–H groups in total. The molecule has 1 unspecified atom stereocenters. The third-order valence-corrected chi connectivity index (χ3v) is 4.57. The fourth-order valence-corrected chi connectivity index (χ4v) is 3.07. The Morgan fingerprint density at radius 1 is 1.38 bits per heavy atom. The Morgan fingerprint density at radius 2 is 2.23 bits per heavy atom. The molecule has 1 aliphatic heterocycles. The van der Waals surface area contributed by atoms with E-state index < -0.39 is 0 Å². The van der Waals surface area contributed by atoms with Gasteiger partial charge in [0.2, 0.25) is 0 Å². The normalized spacial score (nSPS) is 19.9. The molecule has 0 saturated carbocycles. The van der Waals surface area contributed by atoms with Crippen LogP contribution in [-0.2, 0) is 11.2 Å². The SMILES string of the molecule is CCNC(=NCC1(CCO)CCOC1)NCCCc1cccc(F)c1.I. The molecule has 1 fully saturated rings. The number of halogens is 2. The van der Waals surface area contributed by atoms with Crippen molar-refractivity contribution in [2.45, 2.75) is 32.6 Å². The minimum Gasteiger partial charge on any atom is -0.396 e. The van der Waals surface area contributed by atoms with Crippen LogP contribution in [0, 0.1) is 11.2 Å². The number of rotatable bonds is 9. The minimum atomic E-state index is -0.187. The molecule has 0 spiro atoms. The lowest BCUT2D eigenvalue weighted by molar-refractivity contribution is 0.131. The van der Waals surface area contributed by atoms with Crippen molar-refractivity contribution in [3.8, 4) is 0 Å². The summed E-state index contributed by atoms with van der Waals surface area (Å²) in [6, 6.07) is 6.74. The maximum atomic E-state index is 13.2. The van der Waals surface area contributed by atoms with Crippen LogP contribution in [0.5, 0.6) is 0 Å². The number of aliphatic hydroxyl groups excluding tert-OH is 1. The molecule has 26 heavy (non-hydrogen) atoms. The molecule has 1 atom stereocenters. The summed E-state index contributed by atoms with van der Waals surface area (Å²) >= 11 is 0. The Labute approximate surface area is 172 Å². The van der Waals surface area contributed by atoms with Crippen LogP contribution in [0.4, 0.5) is 4.39 Å². The summed E-state index contributed by atoms with van der Waals surface area (Å²) in [6.07, 6.45) is 3.39. The molecule has 0 aliphatic carbocycles. The van der Waals surface area contributed by atoms with Gasteiger partial charge in [0.15, 0.2) is 5.96 Å². The number of ether oxygens (including phenoxy) is 1. The van der Waals surface area contributed by atoms with Crippen molar-refractivity contribution >= 4 is 29.9 Å². The molecule has 7 heteroatoms. The number of aliphatic imine (C=N–C) groups is 1. The van der Waals surface area contributed by atoms with E-state index >= 15 is 0 Å². The van der Waals surface area contributed by atoms with E-state index in [1.165, 1.54) is 6.07 Å². The number of hydrogen-bond donors (Lipinski definition) is 3. The molecular weight excluding hydrogens is 448 g/mol. The number of aliphatic hydroxyl groups is 1. The van der Waals surface area contributed by atoms with E-state index in [0.717, 1.165) is 56.9 Å². The Balaban J connectivity index is 0.00000338. The topological polar surface area (TPSA) is 65.9 Å². The minimum absolute atomic E-state index is 0. The molecule has 0 aromatic heterocycles. The number of benzene rings is 1. The number of guanidine groups is 1.